The monoisotopic (exact) mass is 384 g/mol. The van der Waals surface area contributed by atoms with E-state index in [1.807, 2.05) is 75.0 Å². The molecule has 2 aromatic heterocycles. The van der Waals surface area contributed by atoms with Crippen molar-refractivity contribution in [3.05, 3.63) is 70.8 Å². The van der Waals surface area contributed by atoms with E-state index in [1.165, 1.54) is 0 Å². The van der Waals surface area contributed by atoms with Crippen molar-refractivity contribution in [2.45, 2.75) is 40.3 Å². The van der Waals surface area contributed by atoms with Crippen molar-refractivity contribution in [2.24, 2.45) is 5.92 Å². The first-order valence-corrected chi connectivity index (χ1v) is 9.47. The summed E-state index contributed by atoms with van der Waals surface area (Å²) in [6.45, 7) is 8.20. The highest BCUT2D eigenvalue weighted by Crippen LogP contribution is 2.21. The molecule has 5 nitrogen and oxygen atoms in total. The Morgan fingerprint density at radius 2 is 1.89 bits per heavy atom. The van der Waals surface area contributed by atoms with Crippen LogP contribution in [0.15, 0.2) is 48.8 Å². The summed E-state index contributed by atoms with van der Waals surface area (Å²) >= 11 is 6.20. The standard InChI is InChI=1S/C21H25ClN4O/c1-14(13-26-17(4)20(22)16(3)24-26)21(27)23-15(2)18-8-7-9-19(12-18)25-10-5-6-11-25/h5-12,14-15H,13H2,1-4H3,(H,23,27). The lowest BCUT2D eigenvalue weighted by atomic mass is 10.1. The maximum Gasteiger partial charge on any atom is 0.225 e. The van der Waals surface area contributed by atoms with Crippen LogP contribution in [0, 0.1) is 19.8 Å². The minimum atomic E-state index is -0.214. The molecular weight excluding hydrogens is 360 g/mol. The highest BCUT2D eigenvalue weighted by atomic mass is 35.5. The van der Waals surface area contributed by atoms with Crippen LogP contribution in [-0.4, -0.2) is 20.3 Å². The third-order valence-electron chi connectivity index (χ3n) is 4.82. The number of hydrogen-bond donors (Lipinski definition) is 1. The van der Waals surface area contributed by atoms with Gasteiger partial charge in [-0.3, -0.25) is 9.48 Å². The van der Waals surface area contributed by atoms with Gasteiger partial charge in [-0.1, -0.05) is 30.7 Å². The second-order valence-electron chi connectivity index (χ2n) is 6.98. The van der Waals surface area contributed by atoms with Gasteiger partial charge in [-0.15, -0.1) is 0 Å². The van der Waals surface area contributed by atoms with Crippen LogP contribution < -0.4 is 5.32 Å². The molecule has 0 fully saturated rings. The minimum absolute atomic E-state index is 0.00228. The lowest BCUT2D eigenvalue weighted by molar-refractivity contribution is -0.125. The lowest BCUT2D eigenvalue weighted by Crippen LogP contribution is -2.33. The zero-order chi connectivity index (χ0) is 19.6. The van der Waals surface area contributed by atoms with Gasteiger partial charge in [0, 0.05) is 18.1 Å². The Kier molecular flexibility index (Phi) is 5.71. The Bertz CT molecular complexity index is 930. The van der Waals surface area contributed by atoms with E-state index >= 15 is 0 Å². The van der Waals surface area contributed by atoms with E-state index in [-0.39, 0.29) is 17.9 Å². The van der Waals surface area contributed by atoms with Gasteiger partial charge in [-0.2, -0.15) is 5.10 Å². The molecule has 1 amide bonds. The molecule has 3 aromatic rings. The molecule has 0 aliphatic rings. The maximum atomic E-state index is 12.7. The highest BCUT2D eigenvalue weighted by Gasteiger charge is 2.19. The van der Waals surface area contributed by atoms with Gasteiger partial charge in [0.05, 0.1) is 34.9 Å². The highest BCUT2D eigenvalue weighted by molar-refractivity contribution is 6.31. The van der Waals surface area contributed by atoms with Gasteiger partial charge < -0.3 is 9.88 Å². The van der Waals surface area contributed by atoms with Crippen molar-refractivity contribution in [3.63, 3.8) is 0 Å². The number of aromatic nitrogens is 3. The van der Waals surface area contributed by atoms with Gasteiger partial charge in [0.25, 0.3) is 0 Å². The van der Waals surface area contributed by atoms with Crippen molar-refractivity contribution in [1.82, 2.24) is 19.7 Å². The molecule has 1 aromatic carbocycles. The summed E-state index contributed by atoms with van der Waals surface area (Å²) in [5, 5.41) is 8.18. The molecular formula is C21H25ClN4O. The van der Waals surface area contributed by atoms with Gasteiger partial charge in [0.15, 0.2) is 0 Å². The third kappa shape index (κ3) is 4.25. The Morgan fingerprint density at radius 3 is 2.52 bits per heavy atom. The first-order chi connectivity index (χ1) is 12.9. The Labute approximate surface area is 165 Å². The topological polar surface area (TPSA) is 51.9 Å². The fraction of sp³-hybridized carbons (Fsp3) is 0.333. The van der Waals surface area contributed by atoms with E-state index in [4.69, 9.17) is 11.6 Å². The number of rotatable bonds is 6. The number of amides is 1. The third-order valence-corrected chi connectivity index (χ3v) is 5.37. The van der Waals surface area contributed by atoms with Gasteiger partial charge in [0.1, 0.15) is 0 Å². The van der Waals surface area contributed by atoms with E-state index in [0.29, 0.717) is 11.6 Å². The summed E-state index contributed by atoms with van der Waals surface area (Å²) in [6, 6.07) is 12.1. The first-order valence-electron chi connectivity index (χ1n) is 9.10. The summed E-state index contributed by atoms with van der Waals surface area (Å²) in [6.07, 6.45) is 4.01. The van der Waals surface area contributed by atoms with Crippen molar-refractivity contribution in [3.8, 4) is 5.69 Å². The number of carbonyl (C=O) groups excluding carboxylic acids is 1. The average Bonchev–Trinajstić information content (AvgIpc) is 3.27. The molecule has 0 spiro atoms. The maximum absolute atomic E-state index is 12.7. The fourth-order valence-corrected chi connectivity index (χ4v) is 3.23. The van der Waals surface area contributed by atoms with Crippen molar-refractivity contribution in [2.75, 3.05) is 0 Å². The Balaban J connectivity index is 1.66. The average molecular weight is 385 g/mol. The van der Waals surface area contributed by atoms with Crippen LogP contribution in [0.4, 0.5) is 0 Å². The predicted molar refractivity (Wildman–Crippen MR) is 108 cm³/mol. The molecule has 27 heavy (non-hydrogen) atoms. The SMILES string of the molecule is Cc1nn(CC(C)C(=O)NC(C)c2cccc(-n3cccc3)c2)c(C)c1Cl. The molecule has 2 atom stereocenters. The predicted octanol–water partition coefficient (Wildman–Crippen LogP) is 4.46. The molecule has 0 saturated carbocycles. The molecule has 1 N–H and O–H groups in total. The van der Waals surface area contributed by atoms with Crippen LogP contribution in [0.5, 0.6) is 0 Å². The number of carbonyl (C=O) groups is 1. The van der Waals surface area contributed by atoms with Crippen LogP contribution >= 0.6 is 11.6 Å². The van der Waals surface area contributed by atoms with Crippen LogP contribution in [0.25, 0.3) is 5.69 Å². The molecule has 0 aliphatic carbocycles. The summed E-state index contributed by atoms with van der Waals surface area (Å²) in [4.78, 5) is 12.7. The fourth-order valence-electron chi connectivity index (χ4n) is 3.10. The summed E-state index contributed by atoms with van der Waals surface area (Å²) < 4.78 is 3.85. The van der Waals surface area contributed by atoms with E-state index in [0.717, 1.165) is 22.6 Å². The van der Waals surface area contributed by atoms with E-state index < -0.39 is 0 Å². The van der Waals surface area contributed by atoms with Gasteiger partial charge in [-0.05, 0) is 50.6 Å². The number of nitrogens with zero attached hydrogens (tertiary/aromatic N) is 3. The summed E-state index contributed by atoms with van der Waals surface area (Å²) in [7, 11) is 0. The first kappa shape index (κ1) is 19.2. The number of hydrogen-bond acceptors (Lipinski definition) is 2. The molecule has 2 heterocycles. The largest absolute Gasteiger partial charge is 0.349 e. The summed E-state index contributed by atoms with van der Waals surface area (Å²) in [5.41, 5.74) is 3.82. The number of halogens is 1. The zero-order valence-electron chi connectivity index (χ0n) is 16.1. The molecule has 3 rings (SSSR count). The van der Waals surface area contributed by atoms with Gasteiger partial charge in [-0.25, -0.2) is 0 Å². The molecule has 0 saturated heterocycles. The van der Waals surface area contributed by atoms with Gasteiger partial charge >= 0.3 is 0 Å². The van der Waals surface area contributed by atoms with Crippen molar-refractivity contribution in [1.29, 1.82) is 0 Å². The smallest absolute Gasteiger partial charge is 0.225 e. The summed E-state index contributed by atoms with van der Waals surface area (Å²) in [5.74, 6) is -0.216. The molecule has 6 heteroatoms. The van der Waals surface area contributed by atoms with E-state index in [2.05, 4.69) is 16.5 Å². The normalized spacial score (nSPS) is 13.4. The van der Waals surface area contributed by atoms with Crippen LogP contribution in [0.1, 0.15) is 36.8 Å². The zero-order valence-corrected chi connectivity index (χ0v) is 16.9. The van der Waals surface area contributed by atoms with Crippen molar-refractivity contribution < 1.29 is 4.79 Å². The second kappa shape index (κ2) is 8.01. The molecule has 0 bridgehead atoms. The number of aryl methyl sites for hydroxylation is 1. The molecule has 142 valence electrons. The number of nitrogens with one attached hydrogen (secondary N) is 1. The van der Waals surface area contributed by atoms with Crippen LogP contribution in [0.2, 0.25) is 5.02 Å². The molecule has 2 unspecified atom stereocenters. The molecule has 0 aliphatic heterocycles. The molecule has 0 radical (unpaired) electrons. The van der Waals surface area contributed by atoms with Crippen LogP contribution in [-0.2, 0) is 11.3 Å². The second-order valence-corrected chi connectivity index (χ2v) is 7.36. The Morgan fingerprint density at radius 1 is 1.19 bits per heavy atom. The van der Waals surface area contributed by atoms with E-state index in [9.17, 15) is 4.79 Å². The number of benzene rings is 1. The minimum Gasteiger partial charge on any atom is -0.349 e. The van der Waals surface area contributed by atoms with E-state index in [1.54, 1.807) is 4.68 Å². The van der Waals surface area contributed by atoms with Gasteiger partial charge in [0.2, 0.25) is 5.91 Å². The Hall–Kier alpha value is -2.53. The quantitative estimate of drug-likeness (QED) is 0.682. The van der Waals surface area contributed by atoms with Crippen molar-refractivity contribution >= 4 is 17.5 Å². The lowest BCUT2D eigenvalue weighted by Gasteiger charge is -2.19. The van der Waals surface area contributed by atoms with Crippen LogP contribution in [0.3, 0.4) is 0 Å².